The first-order valence-corrected chi connectivity index (χ1v) is 12.0. The molecular weight excluding hydrogens is 481 g/mol. The molecule has 0 amide bonds. The lowest BCUT2D eigenvalue weighted by molar-refractivity contribution is -0.659. The summed E-state index contributed by atoms with van der Waals surface area (Å²) in [5.41, 5.74) is 4.06. The van der Waals surface area contributed by atoms with Crippen LogP contribution in [0.5, 0.6) is 0 Å². The molecule has 0 saturated heterocycles. The van der Waals surface area contributed by atoms with Crippen molar-refractivity contribution >= 4 is 11.6 Å². The summed E-state index contributed by atoms with van der Waals surface area (Å²) in [7, 11) is 0. The number of hydrogen-bond donors (Lipinski definition) is 1. The smallest absolute Gasteiger partial charge is 0.263 e. The van der Waals surface area contributed by atoms with E-state index in [1.54, 1.807) is 18.5 Å². The van der Waals surface area contributed by atoms with Crippen molar-refractivity contribution in [3.05, 3.63) is 83.8 Å². The van der Waals surface area contributed by atoms with Gasteiger partial charge in [-0.1, -0.05) is 35.7 Å². The van der Waals surface area contributed by atoms with Crippen molar-refractivity contribution in [2.24, 2.45) is 5.92 Å². The lowest BCUT2D eigenvalue weighted by atomic mass is 10.0. The molecule has 0 radical (unpaired) electrons. The van der Waals surface area contributed by atoms with Crippen LogP contribution in [-0.2, 0) is 0 Å². The first-order valence-electron chi connectivity index (χ1n) is 11.6. The number of aromatic nitrogens is 9. The molecule has 4 heterocycles. The molecule has 36 heavy (non-hydrogen) atoms. The van der Waals surface area contributed by atoms with Crippen molar-refractivity contribution in [3.8, 4) is 28.1 Å². The molecule has 1 aromatic carbocycles. The van der Waals surface area contributed by atoms with Gasteiger partial charge in [0, 0.05) is 29.7 Å². The molecule has 11 heteroatoms. The van der Waals surface area contributed by atoms with Gasteiger partial charge in [-0.3, -0.25) is 9.67 Å². The molecule has 5 aromatic rings. The maximum atomic E-state index is 15.2. The standard InChI is InChI=1S/C25H21ClFN9/c1-15-28-9-8-20(32-15)18-12-31-35(13-18)23(10-16-2-3-16)21-6-4-17(11-29-21)24-22(36-14-30-33-34-36)7-5-19(26)25(24)27/h4-9,11-14,16,23H,2-3,10H2,1H3/p+1. The molecule has 1 unspecified atom stereocenters. The number of aromatic amines is 1. The Labute approximate surface area is 211 Å². The molecule has 9 nitrogen and oxygen atoms in total. The second-order valence-corrected chi connectivity index (χ2v) is 9.33. The van der Waals surface area contributed by atoms with Gasteiger partial charge in [-0.25, -0.2) is 14.4 Å². The van der Waals surface area contributed by atoms with Crippen molar-refractivity contribution < 1.29 is 9.07 Å². The van der Waals surface area contributed by atoms with Gasteiger partial charge < -0.3 is 0 Å². The van der Waals surface area contributed by atoms with Gasteiger partial charge in [-0.05, 0) is 43.5 Å². The van der Waals surface area contributed by atoms with Gasteiger partial charge in [-0.15, -0.1) is 4.68 Å². The fourth-order valence-electron chi connectivity index (χ4n) is 4.35. The molecule has 1 N–H and O–H groups in total. The van der Waals surface area contributed by atoms with Crippen molar-refractivity contribution in [2.75, 3.05) is 0 Å². The van der Waals surface area contributed by atoms with Gasteiger partial charge in [0.1, 0.15) is 16.6 Å². The molecule has 1 aliphatic rings. The number of pyridine rings is 1. The number of benzene rings is 1. The molecule has 6 rings (SSSR count). The van der Waals surface area contributed by atoms with E-state index in [0.29, 0.717) is 28.6 Å². The Morgan fingerprint density at radius 3 is 2.75 bits per heavy atom. The van der Waals surface area contributed by atoms with Gasteiger partial charge in [0.05, 0.1) is 34.2 Å². The Bertz CT molecular complexity index is 1510. The molecule has 0 aliphatic heterocycles. The number of H-pyrrole nitrogens is 1. The van der Waals surface area contributed by atoms with E-state index < -0.39 is 5.82 Å². The quantitative estimate of drug-likeness (QED) is 0.333. The van der Waals surface area contributed by atoms with Crippen LogP contribution >= 0.6 is 11.6 Å². The highest BCUT2D eigenvalue weighted by Crippen LogP contribution is 2.39. The molecule has 180 valence electrons. The van der Waals surface area contributed by atoms with E-state index in [-0.39, 0.29) is 11.1 Å². The van der Waals surface area contributed by atoms with Gasteiger partial charge in [-0.2, -0.15) is 5.10 Å². The van der Waals surface area contributed by atoms with Crippen molar-refractivity contribution in [1.82, 2.24) is 40.3 Å². The van der Waals surface area contributed by atoms with E-state index in [2.05, 4.69) is 30.6 Å². The van der Waals surface area contributed by atoms with E-state index in [4.69, 9.17) is 16.6 Å². The summed E-state index contributed by atoms with van der Waals surface area (Å²) < 4.78 is 18.7. The highest BCUT2D eigenvalue weighted by molar-refractivity contribution is 6.31. The fourth-order valence-corrected chi connectivity index (χ4v) is 4.51. The maximum absolute atomic E-state index is 15.2. The molecular formula is C25H22ClFN9+. The van der Waals surface area contributed by atoms with E-state index >= 15 is 4.39 Å². The number of hydrogen-bond acceptors (Lipinski definition) is 6. The SMILES string of the molecule is Cc1nccc(-c2cnn(C(CC3CC3)c3ccc(-c4c(-[n+]5cnn[nH]5)ccc(Cl)c4F)cn3)c2)n1. The molecule has 0 spiro atoms. The summed E-state index contributed by atoms with van der Waals surface area (Å²) in [5, 5.41) is 14.9. The topological polar surface area (TPSA) is 102 Å². The second-order valence-electron chi connectivity index (χ2n) is 8.92. The normalized spacial score (nSPS) is 14.2. The number of aryl methyl sites for hydroxylation is 1. The van der Waals surface area contributed by atoms with Crippen molar-refractivity contribution in [3.63, 3.8) is 0 Å². The second kappa shape index (κ2) is 9.19. The predicted octanol–water partition coefficient (Wildman–Crippen LogP) is 4.29. The van der Waals surface area contributed by atoms with Crippen molar-refractivity contribution in [1.29, 1.82) is 0 Å². The number of tetrazole rings is 1. The van der Waals surface area contributed by atoms with E-state index in [1.165, 1.54) is 29.9 Å². The largest absolute Gasteiger partial charge is 0.293 e. The van der Waals surface area contributed by atoms with Crippen LogP contribution in [0.25, 0.3) is 28.1 Å². The number of halogens is 2. The lowest BCUT2D eigenvalue weighted by Crippen LogP contribution is -2.33. The van der Waals surface area contributed by atoms with Crippen LogP contribution in [-0.4, -0.2) is 40.3 Å². The monoisotopic (exact) mass is 502 g/mol. The van der Waals surface area contributed by atoms with Gasteiger partial charge in [0.15, 0.2) is 11.0 Å². The summed E-state index contributed by atoms with van der Waals surface area (Å²) in [4.78, 5) is 13.4. The Kier molecular flexibility index (Phi) is 5.73. The van der Waals surface area contributed by atoms with Crippen LogP contribution in [0.3, 0.4) is 0 Å². The zero-order valence-electron chi connectivity index (χ0n) is 19.4. The van der Waals surface area contributed by atoms with Gasteiger partial charge in [0.2, 0.25) is 0 Å². The zero-order chi connectivity index (χ0) is 24.6. The molecule has 1 atom stereocenters. The van der Waals surface area contributed by atoms with Crippen LogP contribution in [0.15, 0.2) is 61.4 Å². The summed E-state index contributed by atoms with van der Waals surface area (Å²) in [6, 6.07) is 8.84. The Balaban J connectivity index is 1.36. The fraction of sp³-hybridized carbons (Fsp3) is 0.240. The van der Waals surface area contributed by atoms with Crippen LogP contribution in [0, 0.1) is 18.7 Å². The summed E-state index contributed by atoms with van der Waals surface area (Å²) in [5.74, 6) is 0.826. The lowest BCUT2D eigenvalue weighted by Gasteiger charge is -2.18. The average Bonchev–Trinajstić information content (AvgIpc) is 3.32. The van der Waals surface area contributed by atoms with Crippen LogP contribution in [0.2, 0.25) is 5.02 Å². The highest BCUT2D eigenvalue weighted by Gasteiger charge is 2.29. The zero-order valence-corrected chi connectivity index (χ0v) is 20.1. The first kappa shape index (κ1) is 22.4. The molecule has 1 aliphatic carbocycles. The van der Waals surface area contributed by atoms with Crippen LogP contribution in [0.4, 0.5) is 4.39 Å². The maximum Gasteiger partial charge on any atom is 0.293 e. The van der Waals surface area contributed by atoms with E-state index in [9.17, 15) is 0 Å². The van der Waals surface area contributed by atoms with Gasteiger partial charge in [0.25, 0.3) is 6.33 Å². The Morgan fingerprint density at radius 2 is 2.03 bits per heavy atom. The molecule has 1 saturated carbocycles. The summed E-state index contributed by atoms with van der Waals surface area (Å²) >= 11 is 6.12. The minimum Gasteiger partial charge on any atom is -0.263 e. The average molecular weight is 503 g/mol. The Hall–Kier alpha value is -4.05. The van der Waals surface area contributed by atoms with E-state index in [0.717, 1.165) is 23.4 Å². The predicted molar refractivity (Wildman–Crippen MR) is 130 cm³/mol. The summed E-state index contributed by atoms with van der Waals surface area (Å²) in [6.45, 7) is 1.87. The third-order valence-electron chi connectivity index (χ3n) is 6.37. The Morgan fingerprint density at radius 1 is 1.14 bits per heavy atom. The van der Waals surface area contributed by atoms with Crippen molar-refractivity contribution in [2.45, 2.75) is 32.2 Å². The first-order chi connectivity index (χ1) is 17.6. The van der Waals surface area contributed by atoms with Crippen LogP contribution in [0.1, 0.15) is 36.8 Å². The van der Waals surface area contributed by atoms with Gasteiger partial charge >= 0.3 is 0 Å². The molecule has 4 aromatic heterocycles. The third kappa shape index (κ3) is 4.35. The summed E-state index contributed by atoms with van der Waals surface area (Å²) in [6.07, 6.45) is 12.1. The number of nitrogens with zero attached hydrogens (tertiary/aromatic N) is 8. The molecule has 0 bridgehead atoms. The number of rotatable bonds is 7. The minimum absolute atomic E-state index is 0.0292. The minimum atomic E-state index is -0.530. The molecule has 1 fully saturated rings. The number of nitrogens with one attached hydrogen (secondary N) is 1. The van der Waals surface area contributed by atoms with Crippen LogP contribution < -0.4 is 4.68 Å². The highest BCUT2D eigenvalue weighted by atomic mass is 35.5. The van der Waals surface area contributed by atoms with E-state index in [1.807, 2.05) is 42.2 Å². The third-order valence-corrected chi connectivity index (χ3v) is 6.66.